The van der Waals surface area contributed by atoms with Crippen LogP contribution in [-0.2, 0) is 169 Å². The van der Waals surface area contributed by atoms with Crippen LogP contribution in [0, 0.1) is 17.8 Å². The molecule has 5 aliphatic heterocycles. The van der Waals surface area contributed by atoms with Crippen molar-refractivity contribution in [3.05, 3.63) is 0 Å². The lowest BCUT2D eigenvalue weighted by Crippen LogP contribution is -2.67. The molecule has 0 saturated carbocycles. The zero-order valence-electron chi connectivity index (χ0n) is 48.9. The molecule has 5 heterocycles. The number of unbranched alkanes of at least 4 members (excludes halogenated alkanes) is 3. The minimum Gasteiger partial charge on any atom is -0.435 e. The molecule has 0 bridgehead atoms. The number of ether oxygens (including phenoxy) is 15. The van der Waals surface area contributed by atoms with Gasteiger partial charge in [0.25, 0.3) is 12.9 Å². The predicted molar refractivity (Wildman–Crippen MR) is 272 cm³/mol. The molecule has 43 nitrogen and oxygen atoms in total. The highest BCUT2D eigenvalue weighted by atomic mass is 32.3. The number of carbonyl (C=O) groups excluding carboxylic acids is 3. The van der Waals surface area contributed by atoms with E-state index in [0.29, 0.717) is 6.42 Å². The van der Waals surface area contributed by atoms with Crippen molar-refractivity contribution in [2.75, 3.05) is 48.3 Å². The van der Waals surface area contributed by atoms with Crippen molar-refractivity contribution in [1.29, 1.82) is 0 Å². The average molecular weight is 1390 g/mol. The van der Waals surface area contributed by atoms with Gasteiger partial charge in [-0.2, -0.15) is 44.8 Å². The van der Waals surface area contributed by atoms with Crippen LogP contribution in [0.2, 0.25) is 0 Å². The predicted octanol–water partition coefficient (Wildman–Crippen LogP) is -1.92. The third-order valence-corrected chi connectivity index (χ3v) is 16.1. The molecular weight excluding hydrogens is 1310 g/mol. The first-order chi connectivity index (χ1) is 42.7. The molecule has 5 aliphatic rings. The molecule has 13 unspecified atom stereocenters. The summed E-state index contributed by atoms with van der Waals surface area (Å²) >= 11 is 0. The Bertz CT molecular complexity index is 2490. The topological polar surface area (TPSA) is 547 Å². The molecule has 46 heteroatoms. The van der Waals surface area contributed by atoms with Crippen LogP contribution in [0.1, 0.15) is 59.8 Å². The maximum absolute atomic E-state index is 13.4. The van der Waals surface area contributed by atoms with Crippen LogP contribution in [0.15, 0.2) is 0 Å². The summed E-state index contributed by atoms with van der Waals surface area (Å²) in [5, 5.41) is 56.8. The Labute approximate surface area is 513 Å². The molecule has 0 aromatic carbocycles. The molecule has 0 spiro atoms. The van der Waals surface area contributed by atoms with Crippen molar-refractivity contribution in [3.63, 3.8) is 0 Å². The molecule has 0 aliphatic carbocycles. The maximum atomic E-state index is 13.4. The quantitative estimate of drug-likeness (QED) is 0.0109. The Balaban J connectivity index is 1.49. The first kappa shape index (κ1) is 77.7. The van der Waals surface area contributed by atoms with Gasteiger partial charge in [0.1, 0.15) is 48.8 Å². The van der Waals surface area contributed by atoms with Gasteiger partial charge in [0.2, 0.25) is 18.5 Å². The molecule has 1 amide bonds. The molecule has 0 aromatic heterocycles. The average Bonchev–Trinajstić information content (AvgIpc) is 0.795. The van der Waals surface area contributed by atoms with Gasteiger partial charge in [-0.15, -0.1) is 0 Å². The lowest BCUT2D eigenvalue weighted by atomic mass is 9.87. The molecule has 25 atom stereocenters. The number of hydrogen-bond donors (Lipinski definition) is 8. The summed E-state index contributed by atoms with van der Waals surface area (Å²) in [5.74, 6) is -3.64. The van der Waals surface area contributed by atoms with Gasteiger partial charge in [0, 0.05) is 52.6 Å². The van der Waals surface area contributed by atoms with E-state index in [9.17, 15) is 74.3 Å². The van der Waals surface area contributed by atoms with Crippen LogP contribution in [0.5, 0.6) is 0 Å². The van der Waals surface area contributed by atoms with E-state index in [1.165, 1.54) is 21.0 Å². The van der Waals surface area contributed by atoms with Crippen LogP contribution < -0.4 is 5.32 Å². The van der Waals surface area contributed by atoms with Crippen molar-refractivity contribution in [1.82, 2.24) is 5.32 Å². The van der Waals surface area contributed by atoms with Crippen LogP contribution in [-0.4, -0.2) is 263 Å². The lowest BCUT2D eigenvalue weighted by molar-refractivity contribution is -0.573. The van der Waals surface area contributed by atoms with Gasteiger partial charge in [0.05, 0.1) is 38.1 Å². The third kappa shape index (κ3) is 21.5. The zero-order valence-corrected chi connectivity index (χ0v) is 51.3. The second kappa shape index (κ2) is 36.8. The summed E-state index contributed by atoms with van der Waals surface area (Å²) in [4.78, 5) is 57.8. The Morgan fingerprint density at radius 3 is 1.31 bits per heavy atom. The van der Waals surface area contributed by atoms with Crippen molar-refractivity contribution in [2.24, 2.45) is 17.8 Å². The number of amides is 1. The van der Waals surface area contributed by atoms with Gasteiger partial charge < -0.3 is 76.4 Å². The van der Waals surface area contributed by atoms with E-state index in [1.807, 2.05) is 6.92 Å². The Morgan fingerprint density at radius 1 is 0.433 bits per heavy atom. The fourth-order valence-corrected chi connectivity index (χ4v) is 11.7. The van der Waals surface area contributed by atoms with Crippen molar-refractivity contribution >= 4 is 50.0 Å². The highest BCUT2D eigenvalue weighted by Crippen LogP contribution is 2.42. The monoisotopic (exact) mass is 1390 g/mol. The second-order valence-corrected chi connectivity index (χ2v) is 23.5. The summed E-state index contributed by atoms with van der Waals surface area (Å²) in [6, 6.07) is -1.11. The van der Waals surface area contributed by atoms with Gasteiger partial charge in [0.15, 0.2) is 55.9 Å². The van der Waals surface area contributed by atoms with Gasteiger partial charge in [-0.1, -0.05) is 67.1 Å². The molecule has 90 heavy (non-hydrogen) atoms. The van der Waals surface area contributed by atoms with Crippen LogP contribution in [0.4, 0.5) is 0 Å². The standard InChI is InChI=1S/C44H75NO42S3/c1-9-10-11-12-13-25(48)45-26-19(2)27(62-5)22(14-68-88(53,54)55)71-39(26)74-30-20(3)29(64-7)43(79-41(30)66-17-46)76-32-24(16-70-90(59,60)61)73-44(37(83-87-52)34(32)81-85-50)77-35-28(63-6)21(4)38(78-42(35)67-18-47)75-31-23(15-69-89(56,57)58)72-40(65-8)36(82-86-51)33(31)80-84-49/h17-24,26-44,49-52H,9-16H2,1-8H3,(H,45,48)(H,53,54,55)(H,56,57,58)(H,59,60,61)/t19?,20?,21?,22?,23?,24?,26?,27-,28?,29?,30-,31+,32+,33-,34?,35-,36?,37?,38-,39-,40-,41?,42+,43+,44+/m0/s1. The van der Waals surface area contributed by atoms with E-state index in [2.05, 4.69) is 38.0 Å². The summed E-state index contributed by atoms with van der Waals surface area (Å²) in [6.07, 6.45) is -34.8. The third-order valence-electron chi connectivity index (χ3n) is 14.8. The van der Waals surface area contributed by atoms with E-state index >= 15 is 0 Å². The summed E-state index contributed by atoms with van der Waals surface area (Å²) in [6.45, 7) is 2.89. The van der Waals surface area contributed by atoms with Gasteiger partial charge in [-0.3, -0.25) is 28.0 Å². The summed E-state index contributed by atoms with van der Waals surface area (Å²) in [5.41, 5.74) is 0. The first-order valence-electron chi connectivity index (χ1n) is 26.9. The SMILES string of the molecule is CCCCCCC(=O)NC1C(C)[C@H](OC)C(COS(=O)(=O)O)O[C@H]1O[C@@H]1C(OC=O)O[C@@H](O[C@@H]2C(COS(=O)(=O)O)O[C@H](O[C@H]3C(OC)C(C)[C@@H](O[C@@H]4C(COS(=O)(=O)O)O[C@H](OC)C(OOO)[C@H]4OOO)O[C@H]3OC=O)C(OOO)C2OOO)C(OC)C1C. The van der Waals surface area contributed by atoms with E-state index in [-0.39, 0.29) is 19.4 Å². The highest BCUT2D eigenvalue weighted by Gasteiger charge is 2.60. The lowest BCUT2D eigenvalue weighted by Gasteiger charge is -2.51. The van der Waals surface area contributed by atoms with E-state index < -0.39 is 210 Å². The molecule has 526 valence electrons. The number of hydrogen-bond acceptors (Lipinski definition) is 39. The highest BCUT2D eigenvalue weighted by molar-refractivity contribution is 7.81. The second-order valence-electron chi connectivity index (χ2n) is 20.2. The number of carbonyl (C=O) groups is 3. The zero-order chi connectivity index (χ0) is 66.7. The minimum absolute atomic E-state index is 0.0669. The smallest absolute Gasteiger partial charge is 0.397 e. The molecule has 5 fully saturated rings. The van der Waals surface area contributed by atoms with Crippen LogP contribution in [0.25, 0.3) is 0 Å². The Hall–Kier alpha value is -2.98. The molecule has 5 rings (SSSR count). The molecule has 8 N–H and O–H groups in total. The molecular formula is C44H75NO42S3. The molecule has 5 saturated heterocycles. The molecule has 0 radical (unpaired) electrons. The van der Waals surface area contributed by atoms with Gasteiger partial charge in [-0.25, -0.2) is 33.6 Å². The van der Waals surface area contributed by atoms with Crippen molar-refractivity contribution in [3.8, 4) is 0 Å². The summed E-state index contributed by atoms with van der Waals surface area (Å²) in [7, 11) is -11.2. The summed E-state index contributed by atoms with van der Waals surface area (Å²) < 4.78 is 202. The van der Waals surface area contributed by atoms with Crippen molar-refractivity contribution in [2.45, 2.75) is 195 Å². The normalized spacial score (nSPS) is 37.9. The number of nitrogens with one attached hydrogen (secondary N) is 1. The number of methoxy groups -OCH3 is 4. The van der Waals surface area contributed by atoms with E-state index in [0.717, 1.165) is 40.6 Å². The van der Waals surface area contributed by atoms with E-state index in [4.69, 9.17) is 90.6 Å². The molecule has 0 aromatic rings. The van der Waals surface area contributed by atoms with Gasteiger partial charge in [-0.05, 0) is 6.42 Å². The number of rotatable bonds is 39. The maximum Gasteiger partial charge on any atom is 0.397 e. The fourth-order valence-electron chi connectivity index (χ4n) is 10.8. The van der Waals surface area contributed by atoms with Crippen molar-refractivity contribution < 1.29 is 198 Å². The first-order valence-corrected chi connectivity index (χ1v) is 31.0. The van der Waals surface area contributed by atoms with Crippen LogP contribution >= 0.6 is 0 Å². The Morgan fingerprint density at radius 2 is 0.844 bits per heavy atom. The van der Waals surface area contributed by atoms with E-state index in [1.54, 1.807) is 6.92 Å². The van der Waals surface area contributed by atoms with Gasteiger partial charge >= 0.3 is 31.2 Å². The minimum atomic E-state index is -5.43. The Kier molecular flexibility index (Phi) is 31.8. The fraction of sp³-hybridized carbons (Fsp3) is 0.932. The largest absolute Gasteiger partial charge is 0.435 e. The van der Waals surface area contributed by atoms with Crippen LogP contribution in [0.3, 0.4) is 0 Å².